The number of aromatic hydroxyl groups is 1. The van der Waals surface area contributed by atoms with Gasteiger partial charge in [0.2, 0.25) is 6.29 Å². The fourth-order valence-electron chi connectivity index (χ4n) is 4.95. The number of phenols is 1. The summed E-state index contributed by atoms with van der Waals surface area (Å²) in [5, 5.41) is 83.3. The van der Waals surface area contributed by atoms with Crippen LogP contribution in [0, 0.1) is 0 Å². The normalized spacial score (nSPS) is 35.1. The molecule has 0 amide bonds. The second-order valence-electron chi connectivity index (χ2n) is 9.09. The highest BCUT2D eigenvalue weighted by atomic mass is 16.7. The molecule has 2 unspecified atom stereocenters. The molecule has 37 heavy (non-hydrogen) atoms. The topological polar surface area (TPSA) is 251 Å². The molecule has 1 aromatic rings. The zero-order chi connectivity index (χ0) is 27.2. The van der Waals surface area contributed by atoms with Gasteiger partial charge in [-0.1, -0.05) is 0 Å². The van der Waals surface area contributed by atoms with Crippen LogP contribution in [0.3, 0.4) is 0 Å². The molecule has 1 fully saturated rings. The predicted octanol–water partition coefficient (Wildman–Crippen LogP) is -5.45. The lowest BCUT2D eigenvalue weighted by molar-refractivity contribution is -0.867. The van der Waals surface area contributed by atoms with E-state index in [9.17, 15) is 55.2 Å². The lowest BCUT2D eigenvalue weighted by atomic mass is 9.98. The van der Waals surface area contributed by atoms with Crippen molar-refractivity contribution in [2.24, 2.45) is 0 Å². The third-order valence-corrected chi connectivity index (χ3v) is 6.79. The van der Waals surface area contributed by atoms with Crippen LogP contribution >= 0.6 is 0 Å². The highest BCUT2D eigenvalue weighted by Crippen LogP contribution is 2.36. The van der Waals surface area contributed by atoms with Crippen molar-refractivity contribution in [3.05, 3.63) is 29.5 Å². The zero-order valence-corrected chi connectivity index (χ0v) is 19.1. The van der Waals surface area contributed by atoms with Gasteiger partial charge in [-0.2, -0.15) is 0 Å². The summed E-state index contributed by atoms with van der Waals surface area (Å²) in [6.45, 7) is -0.702. The zero-order valence-electron chi connectivity index (χ0n) is 19.1. The summed E-state index contributed by atoms with van der Waals surface area (Å²) in [6.07, 6.45) is -7.07. The number of aliphatic hydroxyl groups is 4. The van der Waals surface area contributed by atoms with E-state index >= 15 is 0 Å². The molecule has 1 aromatic carbocycles. The third-order valence-electron chi connectivity index (χ3n) is 6.79. The van der Waals surface area contributed by atoms with Crippen LogP contribution in [0.25, 0.3) is 0 Å². The number of carbonyl (C=O) groups excluding carboxylic acids is 1. The minimum Gasteiger partial charge on any atom is -0.544 e. The molecule has 4 rings (SSSR count). The molecule has 9 N–H and O–H groups in total. The maximum atomic E-state index is 12.0. The molecule has 1 saturated heterocycles. The molecule has 0 saturated carbocycles. The van der Waals surface area contributed by atoms with Gasteiger partial charge >= 0.3 is 11.9 Å². The molecule has 0 radical (unpaired) electrons. The van der Waals surface area contributed by atoms with Gasteiger partial charge in [-0.15, -0.1) is 0 Å². The molecule has 0 aliphatic carbocycles. The van der Waals surface area contributed by atoms with Crippen molar-refractivity contribution >= 4 is 23.6 Å². The van der Waals surface area contributed by atoms with E-state index in [2.05, 4.69) is 5.32 Å². The van der Waals surface area contributed by atoms with Crippen LogP contribution in [-0.4, -0.2) is 109 Å². The molecule has 3 aliphatic heterocycles. The number of carboxylic acid groups (broad SMARTS) is 3. The monoisotopic (exact) mass is 526 g/mol. The average molecular weight is 526 g/mol. The quantitative estimate of drug-likeness (QED) is 0.161. The van der Waals surface area contributed by atoms with Crippen molar-refractivity contribution in [1.82, 2.24) is 5.32 Å². The van der Waals surface area contributed by atoms with Crippen LogP contribution in [0.15, 0.2) is 23.9 Å². The fraction of sp³-hybridized carbons (Fsp3) is 0.500. The van der Waals surface area contributed by atoms with E-state index < -0.39 is 84.8 Å². The molecule has 9 atom stereocenters. The summed E-state index contributed by atoms with van der Waals surface area (Å²) >= 11 is 0. The van der Waals surface area contributed by atoms with Crippen molar-refractivity contribution in [2.75, 3.05) is 6.61 Å². The number of benzene rings is 1. The van der Waals surface area contributed by atoms with Gasteiger partial charge in [-0.05, 0) is 6.07 Å². The number of hydrogen-bond donors (Lipinski definition) is 9. The summed E-state index contributed by atoms with van der Waals surface area (Å²) in [5.74, 6) is -5.04. The first-order chi connectivity index (χ1) is 17.4. The number of aliphatic carboxylic acids is 3. The largest absolute Gasteiger partial charge is 0.544 e. The Morgan fingerprint density at radius 2 is 1.84 bits per heavy atom. The van der Waals surface area contributed by atoms with E-state index in [-0.39, 0.29) is 29.2 Å². The number of hydrogen-bond acceptors (Lipinski definition) is 12. The number of aliphatic hydroxyl groups excluding tert-OH is 4. The summed E-state index contributed by atoms with van der Waals surface area (Å²) < 4.78 is 10.8. The highest BCUT2D eigenvalue weighted by molar-refractivity contribution is 5.88. The van der Waals surface area contributed by atoms with E-state index in [1.54, 1.807) is 0 Å². The van der Waals surface area contributed by atoms with Gasteiger partial charge < -0.3 is 60.4 Å². The van der Waals surface area contributed by atoms with Crippen LogP contribution in [0.1, 0.15) is 12.0 Å². The van der Waals surface area contributed by atoms with Crippen molar-refractivity contribution in [3.8, 4) is 11.5 Å². The summed E-state index contributed by atoms with van der Waals surface area (Å²) in [6, 6.07) is -1.05. The first-order valence-electron chi connectivity index (χ1n) is 11.3. The summed E-state index contributed by atoms with van der Waals surface area (Å²) in [5.41, 5.74) is 0.177. The molecule has 3 aliphatic rings. The highest BCUT2D eigenvalue weighted by Gasteiger charge is 2.47. The standard InChI is InChI=1S/C22H26N2O13/c25-6-15-16(27)17(28)18(29)22(37-15)36-14-2-7-1-12(21(34)35)24(11(7)5-13(14)26)8-3-9(19(30)31)23-10(4-8)20(32)33/h2-3,5,8,10,12,15-18,22-23,25-29H,1,4,6H2,(H,30,31)(H,32,33)(H,34,35)/t8?,10-,12-,15+,16+,17-,18+,22-/m0/s1. The Kier molecular flexibility index (Phi) is 7.27. The van der Waals surface area contributed by atoms with E-state index in [0.29, 0.717) is 5.56 Å². The van der Waals surface area contributed by atoms with Gasteiger partial charge in [-0.3, -0.25) is 4.90 Å². The van der Waals surface area contributed by atoms with Crippen molar-refractivity contribution < 1.29 is 69.6 Å². The Morgan fingerprint density at radius 3 is 2.43 bits per heavy atom. The number of nitrogens with one attached hydrogen (secondary N) is 2. The number of phenolic OH excluding ortho intramolecular Hbond substituents is 1. The van der Waals surface area contributed by atoms with Crippen molar-refractivity contribution in [2.45, 2.75) is 61.7 Å². The maximum Gasteiger partial charge on any atom is 0.351 e. The SMILES string of the molecule is O=C(O)C1=CC([NH+]2c3cc(O)c(O[C@H]4O[C@H](CO)[C@@H](O)[C@H](O)[C@H]4O)cc3C[C@H]2C(=O)[O-])C[C@@H](C(=O)O)N1. The number of carbonyl (C=O) groups is 3. The van der Waals surface area contributed by atoms with Crippen LogP contribution < -0.4 is 20.1 Å². The second kappa shape index (κ2) is 10.1. The van der Waals surface area contributed by atoms with Gasteiger partial charge in [0.05, 0.1) is 6.61 Å². The summed E-state index contributed by atoms with van der Waals surface area (Å²) in [4.78, 5) is 35.3. The molecule has 15 heteroatoms. The number of rotatable bonds is 7. The Bertz CT molecular complexity index is 1120. The van der Waals surface area contributed by atoms with Gasteiger partial charge in [-0.25, -0.2) is 9.59 Å². The van der Waals surface area contributed by atoms with E-state index in [0.717, 1.165) is 0 Å². The van der Waals surface area contributed by atoms with Gasteiger partial charge in [0.1, 0.15) is 59.9 Å². The van der Waals surface area contributed by atoms with E-state index in [1.807, 2.05) is 0 Å². The molecule has 0 spiro atoms. The minimum absolute atomic E-state index is 0.143. The first kappa shape index (κ1) is 26.6. The van der Waals surface area contributed by atoms with E-state index in [1.165, 1.54) is 18.2 Å². The number of ether oxygens (including phenoxy) is 2. The lowest BCUT2D eigenvalue weighted by Gasteiger charge is -2.39. The van der Waals surface area contributed by atoms with Crippen molar-refractivity contribution in [1.29, 1.82) is 0 Å². The number of carboxylic acids is 3. The average Bonchev–Trinajstić information content (AvgIpc) is 3.22. The van der Waals surface area contributed by atoms with Gasteiger partial charge in [0.15, 0.2) is 11.5 Å². The Balaban J connectivity index is 1.67. The maximum absolute atomic E-state index is 12.0. The molecular formula is C22H26N2O13. The predicted molar refractivity (Wildman–Crippen MR) is 114 cm³/mol. The number of quaternary nitrogens is 1. The molecule has 202 valence electrons. The smallest absolute Gasteiger partial charge is 0.351 e. The molecule has 3 heterocycles. The lowest BCUT2D eigenvalue weighted by Crippen LogP contribution is -3.15. The Morgan fingerprint density at radius 1 is 1.14 bits per heavy atom. The Labute approximate surface area is 208 Å². The first-order valence-corrected chi connectivity index (χ1v) is 11.3. The van der Waals surface area contributed by atoms with Crippen LogP contribution in [0.5, 0.6) is 11.5 Å². The van der Waals surface area contributed by atoms with Crippen LogP contribution in [0.2, 0.25) is 0 Å². The van der Waals surface area contributed by atoms with Gasteiger partial charge in [0.25, 0.3) is 0 Å². The van der Waals surface area contributed by atoms with Crippen molar-refractivity contribution in [3.63, 3.8) is 0 Å². The molecular weight excluding hydrogens is 500 g/mol. The van der Waals surface area contributed by atoms with Gasteiger partial charge in [0, 0.05) is 30.5 Å². The molecule has 0 aromatic heterocycles. The second-order valence-corrected chi connectivity index (χ2v) is 9.09. The van der Waals surface area contributed by atoms with Crippen LogP contribution in [-0.2, 0) is 25.5 Å². The molecule has 15 nitrogen and oxygen atoms in total. The molecule has 0 bridgehead atoms. The van der Waals surface area contributed by atoms with Crippen LogP contribution in [0.4, 0.5) is 5.69 Å². The number of fused-ring (bicyclic) bond motifs is 1. The minimum atomic E-state index is -1.76. The van der Waals surface area contributed by atoms with E-state index in [4.69, 9.17) is 9.47 Å². The fourth-order valence-corrected chi connectivity index (χ4v) is 4.95. The Hall–Kier alpha value is -3.47. The summed E-state index contributed by atoms with van der Waals surface area (Å²) in [7, 11) is 0. The third kappa shape index (κ3) is 4.92.